The van der Waals surface area contributed by atoms with Crippen molar-refractivity contribution in [2.75, 3.05) is 13.7 Å². The summed E-state index contributed by atoms with van der Waals surface area (Å²) in [5, 5.41) is 9.16. The SMILES string of the molecule is Cc1occc1C(=O)N(C)C(C)(C)CO. The van der Waals surface area contributed by atoms with Crippen LogP contribution in [-0.4, -0.2) is 35.1 Å². The highest BCUT2D eigenvalue weighted by molar-refractivity contribution is 5.95. The Balaban J connectivity index is 2.92. The third-order valence-corrected chi connectivity index (χ3v) is 2.69. The second-order valence-electron chi connectivity index (χ2n) is 4.23. The first-order valence-electron chi connectivity index (χ1n) is 4.83. The van der Waals surface area contributed by atoms with E-state index < -0.39 is 5.54 Å². The number of furan rings is 1. The number of hydrogen-bond acceptors (Lipinski definition) is 3. The first kappa shape index (κ1) is 11.8. The Labute approximate surface area is 89.5 Å². The van der Waals surface area contributed by atoms with Crippen LogP contribution >= 0.6 is 0 Å². The van der Waals surface area contributed by atoms with Crippen molar-refractivity contribution in [3.8, 4) is 0 Å². The number of aliphatic hydroxyl groups excluding tert-OH is 1. The normalized spacial score (nSPS) is 11.5. The van der Waals surface area contributed by atoms with Crippen LogP contribution in [0.4, 0.5) is 0 Å². The highest BCUT2D eigenvalue weighted by atomic mass is 16.3. The van der Waals surface area contributed by atoms with E-state index >= 15 is 0 Å². The number of carbonyl (C=O) groups excluding carboxylic acids is 1. The summed E-state index contributed by atoms with van der Waals surface area (Å²) in [4.78, 5) is 13.5. The molecular weight excluding hydrogens is 194 g/mol. The van der Waals surface area contributed by atoms with E-state index in [9.17, 15) is 4.79 Å². The smallest absolute Gasteiger partial charge is 0.257 e. The minimum absolute atomic E-state index is 0.0772. The van der Waals surface area contributed by atoms with Crippen LogP contribution in [0.2, 0.25) is 0 Å². The number of aryl methyl sites for hydroxylation is 1. The number of rotatable bonds is 3. The number of aliphatic hydroxyl groups is 1. The van der Waals surface area contributed by atoms with Gasteiger partial charge in [0.05, 0.1) is 24.0 Å². The maximum atomic E-state index is 12.0. The average molecular weight is 211 g/mol. The Kier molecular flexibility index (Phi) is 3.19. The van der Waals surface area contributed by atoms with Gasteiger partial charge in [-0.2, -0.15) is 0 Å². The Morgan fingerprint density at radius 2 is 2.20 bits per heavy atom. The summed E-state index contributed by atoms with van der Waals surface area (Å²) in [6.45, 7) is 5.28. The van der Waals surface area contributed by atoms with Crippen molar-refractivity contribution in [2.45, 2.75) is 26.3 Å². The second-order valence-corrected chi connectivity index (χ2v) is 4.23. The van der Waals surface area contributed by atoms with Gasteiger partial charge >= 0.3 is 0 Å². The van der Waals surface area contributed by atoms with Crippen LogP contribution in [0.3, 0.4) is 0 Å². The van der Waals surface area contributed by atoms with Crippen LogP contribution < -0.4 is 0 Å². The van der Waals surface area contributed by atoms with Gasteiger partial charge in [-0.1, -0.05) is 0 Å². The Morgan fingerprint density at radius 1 is 1.60 bits per heavy atom. The van der Waals surface area contributed by atoms with E-state index in [1.54, 1.807) is 33.9 Å². The zero-order valence-electron chi connectivity index (χ0n) is 9.57. The van der Waals surface area contributed by atoms with Gasteiger partial charge in [-0.25, -0.2) is 0 Å². The monoisotopic (exact) mass is 211 g/mol. The van der Waals surface area contributed by atoms with Crippen molar-refractivity contribution in [3.05, 3.63) is 23.7 Å². The van der Waals surface area contributed by atoms with Gasteiger partial charge in [-0.15, -0.1) is 0 Å². The van der Waals surface area contributed by atoms with Crippen molar-refractivity contribution in [2.24, 2.45) is 0 Å². The number of hydrogen-bond donors (Lipinski definition) is 1. The molecule has 4 heteroatoms. The average Bonchev–Trinajstić information content (AvgIpc) is 2.62. The van der Waals surface area contributed by atoms with Gasteiger partial charge in [0.1, 0.15) is 5.76 Å². The van der Waals surface area contributed by atoms with Gasteiger partial charge in [-0.3, -0.25) is 4.79 Å². The molecule has 0 saturated carbocycles. The minimum Gasteiger partial charge on any atom is -0.469 e. The Morgan fingerprint density at radius 3 is 2.60 bits per heavy atom. The molecule has 1 N–H and O–H groups in total. The molecule has 0 bridgehead atoms. The van der Waals surface area contributed by atoms with E-state index in [2.05, 4.69) is 0 Å². The highest BCUT2D eigenvalue weighted by Gasteiger charge is 2.28. The van der Waals surface area contributed by atoms with E-state index in [1.807, 2.05) is 0 Å². The molecule has 0 aromatic carbocycles. The molecule has 15 heavy (non-hydrogen) atoms. The summed E-state index contributed by atoms with van der Waals surface area (Å²) in [6, 6.07) is 1.64. The van der Waals surface area contributed by atoms with Crippen LogP contribution in [0.15, 0.2) is 16.7 Å². The lowest BCUT2D eigenvalue weighted by Crippen LogP contribution is -2.47. The van der Waals surface area contributed by atoms with E-state index in [0.717, 1.165) is 0 Å². The van der Waals surface area contributed by atoms with E-state index in [1.165, 1.54) is 11.2 Å². The molecule has 1 amide bonds. The molecule has 1 aromatic rings. The van der Waals surface area contributed by atoms with Crippen LogP contribution in [0, 0.1) is 6.92 Å². The fraction of sp³-hybridized carbons (Fsp3) is 0.545. The van der Waals surface area contributed by atoms with Gasteiger partial charge in [0.2, 0.25) is 0 Å². The summed E-state index contributed by atoms with van der Waals surface area (Å²) < 4.78 is 5.07. The van der Waals surface area contributed by atoms with E-state index in [4.69, 9.17) is 9.52 Å². The zero-order chi connectivity index (χ0) is 11.6. The fourth-order valence-corrected chi connectivity index (χ4v) is 1.17. The van der Waals surface area contributed by atoms with Gasteiger partial charge in [0.15, 0.2) is 0 Å². The van der Waals surface area contributed by atoms with Crippen LogP contribution in [0.25, 0.3) is 0 Å². The molecule has 0 aliphatic heterocycles. The van der Waals surface area contributed by atoms with Gasteiger partial charge < -0.3 is 14.4 Å². The number of carbonyl (C=O) groups is 1. The molecule has 0 fully saturated rings. The van der Waals surface area contributed by atoms with Crippen molar-refractivity contribution in [1.29, 1.82) is 0 Å². The lowest BCUT2D eigenvalue weighted by Gasteiger charge is -2.33. The molecule has 0 radical (unpaired) electrons. The summed E-state index contributed by atoms with van der Waals surface area (Å²) in [5.41, 5.74) is -0.0279. The minimum atomic E-state index is -0.569. The molecule has 4 nitrogen and oxygen atoms in total. The third kappa shape index (κ3) is 2.21. The molecule has 1 heterocycles. The Bertz CT molecular complexity index is 354. The predicted octanol–water partition coefficient (Wildman–Crippen LogP) is 1.43. The number of amides is 1. The van der Waals surface area contributed by atoms with Gasteiger partial charge in [-0.05, 0) is 26.8 Å². The maximum Gasteiger partial charge on any atom is 0.257 e. The summed E-state index contributed by atoms with van der Waals surface area (Å²) in [7, 11) is 1.67. The quantitative estimate of drug-likeness (QED) is 0.822. The third-order valence-electron chi connectivity index (χ3n) is 2.69. The molecule has 0 unspecified atom stereocenters. The first-order valence-corrected chi connectivity index (χ1v) is 4.83. The molecule has 0 aliphatic rings. The zero-order valence-corrected chi connectivity index (χ0v) is 9.57. The van der Waals surface area contributed by atoms with E-state index in [-0.39, 0.29) is 12.5 Å². The molecule has 1 aromatic heterocycles. The van der Waals surface area contributed by atoms with Crippen LogP contribution in [-0.2, 0) is 0 Å². The summed E-state index contributed by atoms with van der Waals surface area (Å²) in [6.07, 6.45) is 1.49. The first-order chi connectivity index (χ1) is 6.90. The lowest BCUT2D eigenvalue weighted by molar-refractivity contribution is 0.0471. The Hall–Kier alpha value is -1.29. The molecular formula is C11H17NO3. The summed E-state index contributed by atoms with van der Waals surface area (Å²) in [5.74, 6) is 0.459. The molecule has 0 atom stereocenters. The molecule has 1 rings (SSSR count). The second kappa shape index (κ2) is 4.06. The summed E-state index contributed by atoms with van der Waals surface area (Å²) >= 11 is 0. The van der Waals surface area contributed by atoms with Crippen molar-refractivity contribution in [3.63, 3.8) is 0 Å². The molecule has 0 spiro atoms. The highest BCUT2D eigenvalue weighted by Crippen LogP contribution is 2.17. The molecule has 0 saturated heterocycles. The number of likely N-dealkylation sites (N-methyl/N-ethyl adjacent to an activating group) is 1. The predicted molar refractivity (Wildman–Crippen MR) is 56.7 cm³/mol. The van der Waals surface area contributed by atoms with Crippen molar-refractivity contribution in [1.82, 2.24) is 4.90 Å². The fourth-order valence-electron chi connectivity index (χ4n) is 1.17. The topological polar surface area (TPSA) is 53.7 Å². The van der Waals surface area contributed by atoms with E-state index in [0.29, 0.717) is 11.3 Å². The number of nitrogens with zero attached hydrogens (tertiary/aromatic N) is 1. The molecule has 84 valence electrons. The van der Waals surface area contributed by atoms with Crippen LogP contribution in [0.5, 0.6) is 0 Å². The standard InChI is InChI=1S/C11H17NO3/c1-8-9(5-6-15-8)10(14)12(4)11(2,3)7-13/h5-6,13H,7H2,1-4H3. The molecule has 0 aliphatic carbocycles. The maximum absolute atomic E-state index is 12.0. The lowest BCUT2D eigenvalue weighted by atomic mass is 10.0. The van der Waals surface area contributed by atoms with Crippen LogP contribution in [0.1, 0.15) is 30.0 Å². The van der Waals surface area contributed by atoms with Gasteiger partial charge in [0.25, 0.3) is 5.91 Å². The largest absolute Gasteiger partial charge is 0.469 e. The van der Waals surface area contributed by atoms with Crippen molar-refractivity contribution < 1.29 is 14.3 Å². The van der Waals surface area contributed by atoms with Gasteiger partial charge in [0, 0.05) is 7.05 Å². The van der Waals surface area contributed by atoms with Crippen molar-refractivity contribution >= 4 is 5.91 Å².